The number of aromatic nitrogens is 2. The Kier molecular flexibility index (Phi) is 4.24. The number of carbonyl (C=O) groups is 2. The van der Waals surface area contributed by atoms with E-state index in [-0.39, 0.29) is 29.6 Å². The molecule has 0 fully saturated rings. The number of amides is 2. The van der Waals surface area contributed by atoms with Crippen molar-refractivity contribution >= 4 is 23.2 Å². The molecule has 0 spiro atoms. The van der Waals surface area contributed by atoms with Crippen molar-refractivity contribution in [3.8, 4) is 0 Å². The molecule has 1 aromatic heterocycles. The largest absolute Gasteiger partial charge is 0.305 e. The van der Waals surface area contributed by atoms with Crippen molar-refractivity contribution in [2.24, 2.45) is 7.05 Å². The zero-order valence-electron chi connectivity index (χ0n) is 17.4. The van der Waals surface area contributed by atoms with Gasteiger partial charge in [-0.05, 0) is 49.9 Å². The molecule has 2 aliphatic heterocycles. The minimum atomic E-state index is -0.225. The van der Waals surface area contributed by atoms with E-state index in [1.165, 1.54) is 0 Å². The molecule has 30 heavy (non-hydrogen) atoms. The number of rotatable bonds is 2. The highest BCUT2D eigenvalue weighted by molar-refractivity contribution is 6.17. The lowest BCUT2D eigenvalue weighted by Gasteiger charge is -2.24. The third-order valence-electron chi connectivity index (χ3n) is 6.11. The van der Waals surface area contributed by atoms with Gasteiger partial charge < -0.3 is 9.80 Å². The van der Waals surface area contributed by atoms with Gasteiger partial charge in [-0.15, -0.1) is 0 Å². The van der Waals surface area contributed by atoms with Gasteiger partial charge in [-0.25, -0.2) is 0 Å². The fourth-order valence-corrected chi connectivity index (χ4v) is 4.80. The average molecular weight is 400 g/mol. The van der Waals surface area contributed by atoms with Gasteiger partial charge in [0, 0.05) is 36.7 Å². The van der Waals surface area contributed by atoms with Crippen molar-refractivity contribution in [1.29, 1.82) is 0 Å². The quantitative estimate of drug-likeness (QED) is 0.660. The lowest BCUT2D eigenvalue weighted by Crippen LogP contribution is -2.39. The van der Waals surface area contributed by atoms with Crippen LogP contribution in [0, 0.1) is 0 Å². The highest BCUT2D eigenvalue weighted by Crippen LogP contribution is 2.35. The van der Waals surface area contributed by atoms with Crippen molar-refractivity contribution < 1.29 is 9.59 Å². The van der Waals surface area contributed by atoms with E-state index >= 15 is 0 Å². The molecule has 0 bridgehead atoms. The number of fused-ring (bicyclic) bond motifs is 2. The Bertz CT molecular complexity index is 1080. The molecule has 2 amide bonds. The van der Waals surface area contributed by atoms with Gasteiger partial charge >= 0.3 is 0 Å². The molecule has 152 valence electrons. The minimum absolute atomic E-state index is 0.0197. The summed E-state index contributed by atoms with van der Waals surface area (Å²) >= 11 is 0. The standard InChI is InChI=1S/C24H24N4O2/c1-15-12-17-8-4-6-10-20(17)27(15)23(29)19-14-26(3)25-22(19)24(30)28-16(2)13-18-9-5-7-11-21(18)28/h4-11,14-16H,12-13H2,1-3H3/t15-,16+/m0/s1. The molecule has 0 N–H and O–H groups in total. The van der Waals surface area contributed by atoms with E-state index in [0.29, 0.717) is 5.56 Å². The van der Waals surface area contributed by atoms with Gasteiger partial charge in [0.15, 0.2) is 5.69 Å². The molecule has 0 aliphatic carbocycles. The monoisotopic (exact) mass is 400 g/mol. The van der Waals surface area contributed by atoms with Gasteiger partial charge in [-0.2, -0.15) is 5.10 Å². The van der Waals surface area contributed by atoms with Gasteiger partial charge in [0.2, 0.25) is 0 Å². The molecule has 0 unspecified atom stereocenters. The predicted molar refractivity (Wildman–Crippen MR) is 116 cm³/mol. The SMILES string of the molecule is C[C@@H]1Cc2ccccc2N1C(=O)c1nn(C)cc1C(=O)N1c2ccccc2C[C@@H]1C. The van der Waals surface area contributed by atoms with Crippen LogP contribution >= 0.6 is 0 Å². The molecule has 0 radical (unpaired) electrons. The first-order valence-corrected chi connectivity index (χ1v) is 10.3. The van der Waals surface area contributed by atoms with Gasteiger partial charge in [-0.1, -0.05) is 36.4 Å². The Balaban J connectivity index is 1.54. The Morgan fingerprint density at radius 3 is 1.90 bits per heavy atom. The second kappa shape index (κ2) is 6.83. The van der Waals surface area contributed by atoms with Gasteiger partial charge in [-0.3, -0.25) is 14.3 Å². The summed E-state index contributed by atoms with van der Waals surface area (Å²) < 4.78 is 1.56. The van der Waals surface area contributed by atoms with Crippen molar-refractivity contribution in [3.05, 3.63) is 77.1 Å². The number of aryl methyl sites for hydroxylation is 1. The third kappa shape index (κ3) is 2.75. The second-order valence-electron chi connectivity index (χ2n) is 8.28. The van der Waals surface area contributed by atoms with Crippen LogP contribution in [-0.4, -0.2) is 33.7 Å². The van der Waals surface area contributed by atoms with Gasteiger partial charge in [0.1, 0.15) is 0 Å². The predicted octanol–water partition coefficient (Wildman–Crippen LogP) is 3.60. The Morgan fingerprint density at radius 1 is 0.833 bits per heavy atom. The first-order valence-electron chi connectivity index (χ1n) is 10.3. The van der Waals surface area contributed by atoms with Gasteiger partial charge in [0.05, 0.1) is 5.56 Å². The number of para-hydroxylation sites is 2. The molecule has 2 aliphatic rings. The number of anilines is 2. The molecule has 3 aromatic rings. The number of nitrogens with zero attached hydrogens (tertiary/aromatic N) is 4. The van der Waals surface area contributed by atoms with Crippen LogP contribution in [0.3, 0.4) is 0 Å². The average Bonchev–Trinajstić information content (AvgIpc) is 3.38. The smallest absolute Gasteiger partial charge is 0.279 e. The summed E-state index contributed by atoms with van der Waals surface area (Å²) in [6.07, 6.45) is 3.27. The number of carbonyl (C=O) groups excluding carboxylic acids is 2. The Morgan fingerprint density at radius 2 is 1.33 bits per heavy atom. The van der Waals surface area contributed by atoms with Crippen LogP contribution in [0.1, 0.15) is 45.8 Å². The van der Waals surface area contributed by atoms with Gasteiger partial charge in [0.25, 0.3) is 11.8 Å². The minimum Gasteiger partial charge on any atom is -0.305 e. The zero-order valence-corrected chi connectivity index (χ0v) is 17.4. The van der Waals surface area contributed by atoms with E-state index in [1.54, 1.807) is 27.7 Å². The molecule has 0 saturated carbocycles. The molecule has 3 heterocycles. The Hall–Kier alpha value is -3.41. The summed E-state index contributed by atoms with van der Waals surface area (Å²) in [7, 11) is 1.75. The number of benzene rings is 2. The first kappa shape index (κ1) is 18.6. The maximum absolute atomic E-state index is 13.6. The highest BCUT2D eigenvalue weighted by Gasteiger charge is 2.38. The lowest BCUT2D eigenvalue weighted by atomic mass is 10.1. The normalized spacial score (nSPS) is 19.7. The lowest BCUT2D eigenvalue weighted by molar-refractivity contribution is 0.0946. The van der Waals surface area contributed by atoms with Crippen LogP contribution in [0.4, 0.5) is 11.4 Å². The fraction of sp³-hybridized carbons (Fsp3) is 0.292. The molecule has 0 saturated heterocycles. The van der Waals surface area contributed by atoms with E-state index in [1.807, 2.05) is 56.3 Å². The summed E-state index contributed by atoms with van der Waals surface area (Å²) in [6.45, 7) is 4.07. The van der Waals surface area contributed by atoms with E-state index in [9.17, 15) is 9.59 Å². The summed E-state index contributed by atoms with van der Waals surface area (Å²) in [5.41, 5.74) is 4.67. The van der Waals surface area contributed by atoms with Crippen LogP contribution in [-0.2, 0) is 19.9 Å². The highest BCUT2D eigenvalue weighted by atomic mass is 16.2. The van der Waals surface area contributed by atoms with Crippen molar-refractivity contribution in [1.82, 2.24) is 9.78 Å². The molecule has 2 aromatic carbocycles. The molecule has 6 nitrogen and oxygen atoms in total. The van der Waals surface area contributed by atoms with Crippen molar-refractivity contribution in [2.45, 2.75) is 38.8 Å². The topological polar surface area (TPSA) is 58.4 Å². The van der Waals surface area contributed by atoms with E-state index in [2.05, 4.69) is 11.2 Å². The molecule has 5 rings (SSSR count). The number of hydrogen-bond donors (Lipinski definition) is 0. The van der Waals surface area contributed by atoms with Crippen LogP contribution in [0.25, 0.3) is 0 Å². The summed E-state index contributed by atoms with van der Waals surface area (Å²) in [5, 5.41) is 4.41. The first-order chi connectivity index (χ1) is 14.5. The molecular weight excluding hydrogens is 376 g/mol. The van der Waals surface area contributed by atoms with E-state index in [0.717, 1.165) is 35.3 Å². The van der Waals surface area contributed by atoms with Crippen LogP contribution in [0.15, 0.2) is 54.7 Å². The third-order valence-corrected chi connectivity index (χ3v) is 6.11. The zero-order chi connectivity index (χ0) is 21.0. The molecule has 6 heteroatoms. The second-order valence-corrected chi connectivity index (χ2v) is 8.28. The summed E-state index contributed by atoms with van der Waals surface area (Å²) in [5.74, 6) is -0.402. The molecular formula is C24H24N4O2. The van der Waals surface area contributed by atoms with Crippen LogP contribution in [0.5, 0.6) is 0 Å². The number of hydrogen-bond acceptors (Lipinski definition) is 3. The van der Waals surface area contributed by atoms with Crippen LogP contribution in [0.2, 0.25) is 0 Å². The van der Waals surface area contributed by atoms with E-state index < -0.39 is 0 Å². The Labute approximate surface area is 175 Å². The fourth-order valence-electron chi connectivity index (χ4n) is 4.80. The summed E-state index contributed by atoms with van der Waals surface area (Å²) in [6, 6.07) is 15.9. The van der Waals surface area contributed by atoms with E-state index in [4.69, 9.17) is 0 Å². The molecule has 2 atom stereocenters. The van der Waals surface area contributed by atoms with Crippen molar-refractivity contribution in [2.75, 3.05) is 9.80 Å². The van der Waals surface area contributed by atoms with Crippen LogP contribution < -0.4 is 9.80 Å². The maximum atomic E-state index is 13.6. The maximum Gasteiger partial charge on any atom is 0.279 e. The summed E-state index contributed by atoms with van der Waals surface area (Å²) in [4.78, 5) is 30.8. The van der Waals surface area contributed by atoms with Crippen molar-refractivity contribution in [3.63, 3.8) is 0 Å².